The number of nitrogens with zero attached hydrogens (tertiary/aromatic N) is 2. The Morgan fingerprint density at radius 2 is 1.78 bits per heavy atom. The largest absolute Gasteiger partial charge is 0.484 e. The van der Waals surface area contributed by atoms with Gasteiger partial charge in [-0.15, -0.1) is 0 Å². The van der Waals surface area contributed by atoms with Gasteiger partial charge >= 0.3 is 0 Å². The van der Waals surface area contributed by atoms with Crippen LogP contribution in [0.1, 0.15) is 40.5 Å². The van der Waals surface area contributed by atoms with E-state index in [0.717, 1.165) is 18.7 Å². The van der Waals surface area contributed by atoms with Crippen molar-refractivity contribution in [3.8, 4) is 5.75 Å². The lowest BCUT2D eigenvalue weighted by molar-refractivity contribution is -0.137. The van der Waals surface area contributed by atoms with Crippen molar-refractivity contribution in [2.75, 3.05) is 18.1 Å². The minimum atomic E-state index is -0.0196. The molecular weight excluding hydrogens is 292 g/mol. The van der Waals surface area contributed by atoms with Gasteiger partial charge in [-0.1, -0.05) is 0 Å². The van der Waals surface area contributed by atoms with E-state index in [1.54, 1.807) is 4.90 Å². The molecule has 1 heterocycles. The molecule has 0 bridgehead atoms. The minimum Gasteiger partial charge on any atom is -0.484 e. The van der Waals surface area contributed by atoms with Crippen LogP contribution < -0.4 is 9.64 Å². The average molecular weight is 318 g/mol. The van der Waals surface area contributed by atoms with E-state index in [1.165, 1.54) is 0 Å². The number of hydrogen-bond donors (Lipinski definition) is 0. The number of hydrogen-bond acceptors (Lipinski definition) is 3. The maximum atomic E-state index is 12.3. The standard InChI is InChI=1S/C18H26N2O3/c1-13(2)20(14(3)4)18(22)12-23-16-9-7-15(8-10-16)19-11-5-6-17(19)21/h7-10,13-14H,5-6,11-12H2,1-4H3. The second kappa shape index (κ2) is 7.49. The molecule has 0 unspecified atom stereocenters. The molecule has 5 heteroatoms. The van der Waals surface area contributed by atoms with Gasteiger partial charge in [0.1, 0.15) is 5.75 Å². The zero-order valence-corrected chi connectivity index (χ0v) is 14.4. The summed E-state index contributed by atoms with van der Waals surface area (Å²) < 4.78 is 5.60. The van der Waals surface area contributed by atoms with Crippen LogP contribution in [0, 0.1) is 0 Å². The number of ether oxygens (including phenoxy) is 1. The van der Waals surface area contributed by atoms with Crippen LogP contribution in [0.4, 0.5) is 5.69 Å². The van der Waals surface area contributed by atoms with Gasteiger partial charge in [0.15, 0.2) is 6.61 Å². The highest BCUT2D eigenvalue weighted by molar-refractivity contribution is 5.95. The Bertz CT molecular complexity index is 544. The van der Waals surface area contributed by atoms with Gasteiger partial charge in [-0.2, -0.15) is 0 Å². The van der Waals surface area contributed by atoms with Crippen molar-refractivity contribution in [2.24, 2.45) is 0 Å². The van der Waals surface area contributed by atoms with Crippen LogP contribution in [-0.4, -0.2) is 41.9 Å². The molecule has 23 heavy (non-hydrogen) atoms. The number of rotatable bonds is 6. The number of carbonyl (C=O) groups excluding carboxylic acids is 2. The highest BCUT2D eigenvalue weighted by Gasteiger charge is 2.22. The molecule has 1 aromatic rings. The summed E-state index contributed by atoms with van der Waals surface area (Å²) in [5.41, 5.74) is 0.886. The summed E-state index contributed by atoms with van der Waals surface area (Å²) in [4.78, 5) is 27.6. The van der Waals surface area contributed by atoms with Crippen LogP contribution in [0.25, 0.3) is 0 Å². The molecule has 1 aromatic carbocycles. The van der Waals surface area contributed by atoms with Crippen LogP contribution in [0.3, 0.4) is 0 Å². The second-order valence-electron chi connectivity index (χ2n) is 6.42. The van der Waals surface area contributed by atoms with E-state index in [9.17, 15) is 9.59 Å². The molecule has 5 nitrogen and oxygen atoms in total. The van der Waals surface area contributed by atoms with E-state index in [0.29, 0.717) is 12.2 Å². The molecule has 1 saturated heterocycles. The molecule has 1 aliphatic rings. The Kier molecular flexibility index (Phi) is 5.64. The van der Waals surface area contributed by atoms with Gasteiger partial charge < -0.3 is 14.5 Å². The van der Waals surface area contributed by atoms with E-state index in [4.69, 9.17) is 4.74 Å². The summed E-state index contributed by atoms with van der Waals surface area (Å²) in [6.07, 6.45) is 1.53. The average Bonchev–Trinajstić information content (AvgIpc) is 2.91. The van der Waals surface area contributed by atoms with Crippen molar-refractivity contribution in [3.05, 3.63) is 24.3 Å². The third-order valence-corrected chi connectivity index (χ3v) is 3.98. The molecular formula is C18H26N2O3. The third-order valence-electron chi connectivity index (χ3n) is 3.98. The van der Waals surface area contributed by atoms with Crippen molar-refractivity contribution in [1.82, 2.24) is 4.90 Å². The number of amides is 2. The van der Waals surface area contributed by atoms with Gasteiger partial charge in [-0.25, -0.2) is 0 Å². The monoisotopic (exact) mass is 318 g/mol. The SMILES string of the molecule is CC(C)N(C(=O)COc1ccc(N2CCCC2=O)cc1)C(C)C. The molecule has 0 spiro atoms. The molecule has 0 aliphatic carbocycles. The Balaban J connectivity index is 1.93. The van der Waals surface area contributed by atoms with Crippen molar-refractivity contribution in [2.45, 2.75) is 52.6 Å². The number of anilines is 1. The molecule has 2 rings (SSSR count). The first-order valence-corrected chi connectivity index (χ1v) is 8.24. The Morgan fingerprint density at radius 1 is 1.17 bits per heavy atom. The highest BCUT2D eigenvalue weighted by atomic mass is 16.5. The van der Waals surface area contributed by atoms with Crippen LogP contribution in [0.5, 0.6) is 5.75 Å². The highest BCUT2D eigenvalue weighted by Crippen LogP contribution is 2.24. The molecule has 2 amide bonds. The Morgan fingerprint density at radius 3 is 2.26 bits per heavy atom. The maximum absolute atomic E-state index is 12.3. The molecule has 126 valence electrons. The van der Waals surface area contributed by atoms with E-state index in [2.05, 4.69) is 0 Å². The first kappa shape index (κ1) is 17.3. The van der Waals surface area contributed by atoms with Crippen molar-refractivity contribution in [1.29, 1.82) is 0 Å². The summed E-state index contributed by atoms with van der Waals surface area (Å²) in [6, 6.07) is 7.65. The fourth-order valence-electron chi connectivity index (χ4n) is 3.04. The summed E-state index contributed by atoms with van der Waals surface area (Å²) in [5.74, 6) is 0.786. The third kappa shape index (κ3) is 4.24. The van der Waals surface area contributed by atoms with Crippen LogP contribution in [0.2, 0.25) is 0 Å². The Labute approximate surface area is 138 Å². The second-order valence-corrected chi connectivity index (χ2v) is 6.42. The zero-order chi connectivity index (χ0) is 17.0. The molecule has 0 aromatic heterocycles. The summed E-state index contributed by atoms with van der Waals surface area (Å²) >= 11 is 0. The predicted molar refractivity (Wildman–Crippen MR) is 90.6 cm³/mol. The van der Waals surface area contributed by atoms with E-state index < -0.39 is 0 Å². The fraction of sp³-hybridized carbons (Fsp3) is 0.556. The van der Waals surface area contributed by atoms with Gasteiger partial charge in [0.2, 0.25) is 5.91 Å². The quantitative estimate of drug-likeness (QED) is 0.810. The van der Waals surface area contributed by atoms with Gasteiger partial charge in [0.05, 0.1) is 0 Å². The fourth-order valence-corrected chi connectivity index (χ4v) is 3.04. The molecule has 0 N–H and O–H groups in total. The van der Waals surface area contributed by atoms with Crippen LogP contribution in [-0.2, 0) is 9.59 Å². The molecule has 1 aliphatic heterocycles. The first-order valence-electron chi connectivity index (χ1n) is 8.24. The van der Waals surface area contributed by atoms with Crippen LogP contribution in [0.15, 0.2) is 24.3 Å². The van der Waals surface area contributed by atoms with Crippen molar-refractivity contribution in [3.63, 3.8) is 0 Å². The normalized spacial score (nSPS) is 14.7. The molecule has 0 radical (unpaired) electrons. The number of benzene rings is 1. The lowest BCUT2D eigenvalue weighted by Gasteiger charge is -2.30. The lowest BCUT2D eigenvalue weighted by Crippen LogP contribution is -2.44. The zero-order valence-electron chi connectivity index (χ0n) is 14.4. The summed E-state index contributed by atoms with van der Waals surface area (Å²) in [7, 11) is 0. The van der Waals surface area contributed by atoms with E-state index in [1.807, 2.05) is 56.9 Å². The Hall–Kier alpha value is -2.04. The smallest absolute Gasteiger partial charge is 0.260 e. The molecule has 0 atom stereocenters. The van der Waals surface area contributed by atoms with E-state index in [-0.39, 0.29) is 30.5 Å². The van der Waals surface area contributed by atoms with Crippen LogP contribution >= 0.6 is 0 Å². The van der Waals surface area contributed by atoms with Crippen molar-refractivity contribution >= 4 is 17.5 Å². The van der Waals surface area contributed by atoms with Gasteiger partial charge in [-0.05, 0) is 58.4 Å². The number of carbonyl (C=O) groups is 2. The molecule has 1 fully saturated rings. The molecule has 0 saturated carbocycles. The minimum absolute atomic E-state index is 0.0196. The van der Waals surface area contributed by atoms with Gasteiger partial charge in [0, 0.05) is 30.7 Å². The summed E-state index contributed by atoms with van der Waals surface area (Å²) in [6.45, 7) is 8.80. The van der Waals surface area contributed by atoms with Gasteiger partial charge in [0.25, 0.3) is 5.91 Å². The first-order chi connectivity index (χ1) is 10.9. The predicted octanol–water partition coefficient (Wildman–Crippen LogP) is 2.84. The maximum Gasteiger partial charge on any atom is 0.260 e. The van der Waals surface area contributed by atoms with Gasteiger partial charge in [-0.3, -0.25) is 9.59 Å². The van der Waals surface area contributed by atoms with E-state index >= 15 is 0 Å². The lowest BCUT2D eigenvalue weighted by atomic mass is 10.2. The topological polar surface area (TPSA) is 49.9 Å². The van der Waals surface area contributed by atoms with Crippen molar-refractivity contribution < 1.29 is 14.3 Å². The summed E-state index contributed by atoms with van der Waals surface area (Å²) in [5, 5.41) is 0.